The number of hydrogen-bond donors (Lipinski definition) is 1. The second kappa shape index (κ2) is 4.00. The largest absolute Gasteiger partial charge is 0.476 e. The van der Waals surface area contributed by atoms with Crippen LogP contribution in [0.15, 0.2) is 6.20 Å². The fraction of sp³-hybridized carbons (Fsp3) is 0.400. The van der Waals surface area contributed by atoms with Crippen molar-refractivity contribution in [2.24, 2.45) is 7.05 Å². The summed E-state index contributed by atoms with van der Waals surface area (Å²) >= 11 is 0. The first-order chi connectivity index (χ1) is 8.04. The number of hydrogen-bond acceptors (Lipinski definition) is 4. The average molecular weight is 235 g/mol. The molecule has 0 saturated heterocycles. The van der Waals surface area contributed by atoms with E-state index in [1.165, 1.54) is 4.68 Å². The molecular formula is C10H13N5O2. The van der Waals surface area contributed by atoms with E-state index in [-0.39, 0.29) is 5.69 Å². The molecular weight excluding hydrogens is 222 g/mol. The SMILES string of the molecule is CCc1nn(C)cc1-n1nnc(C(=O)O)c1C. The van der Waals surface area contributed by atoms with Crippen molar-refractivity contribution in [2.45, 2.75) is 20.3 Å². The van der Waals surface area contributed by atoms with E-state index in [1.807, 2.05) is 14.0 Å². The summed E-state index contributed by atoms with van der Waals surface area (Å²) in [4.78, 5) is 10.9. The summed E-state index contributed by atoms with van der Waals surface area (Å²) in [7, 11) is 1.81. The monoisotopic (exact) mass is 235 g/mol. The van der Waals surface area contributed by atoms with Crippen LogP contribution >= 0.6 is 0 Å². The maximum atomic E-state index is 10.9. The highest BCUT2D eigenvalue weighted by Crippen LogP contribution is 2.16. The maximum absolute atomic E-state index is 10.9. The summed E-state index contributed by atoms with van der Waals surface area (Å²) in [6.45, 7) is 3.66. The van der Waals surface area contributed by atoms with Crippen molar-refractivity contribution < 1.29 is 9.90 Å². The smallest absolute Gasteiger partial charge is 0.358 e. The third-order valence-electron chi connectivity index (χ3n) is 2.54. The molecule has 0 aromatic carbocycles. The zero-order chi connectivity index (χ0) is 12.6. The predicted molar refractivity (Wildman–Crippen MR) is 59.2 cm³/mol. The molecule has 0 saturated carbocycles. The van der Waals surface area contributed by atoms with Crippen molar-refractivity contribution in [3.8, 4) is 5.69 Å². The van der Waals surface area contributed by atoms with Crippen molar-refractivity contribution in [1.29, 1.82) is 0 Å². The first-order valence-corrected chi connectivity index (χ1v) is 5.23. The third kappa shape index (κ3) is 1.79. The van der Waals surface area contributed by atoms with E-state index in [2.05, 4.69) is 15.4 Å². The third-order valence-corrected chi connectivity index (χ3v) is 2.54. The molecule has 90 valence electrons. The fourth-order valence-electron chi connectivity index (χ4n) is 1.71. The first kappa shape index (κ1) is 11.3. The average Bonchev–Trinajstić information content (AvgIpc) is 2.81. The Morgan fingerprint density at radius 2 is 2.24 bits per heavy atom. The van der Waals surface area contributed by atoms with Gasteiger partial charge < -0.3 is 5.11 Å². The lowest BCUT2D eigenvalue weighted by molar-refractivity contribution is 0.0689. The van der Waals surface area contributed by atoms with Crippen LogP contribution in [0.25, 0.3) is 5.69 Å². The molecule has 2 aromatic rings. The molecule has 1 N–H and O–H groups in total. The Kier molecular flexibility index (Phi) is 2.66. The zero-order valence-electron chi connectivity index (χ0n) is 9.88. The van der Waals surface area contributed by atoms with E-state index < -0.39 is 5.97 Å². The lowest BCUT2D eigenvalue weighted by atomic mass is 10.3. The van der Waals surface area contributed by atoms with Gasteiger partial charge in [0.1, 0.15) is 5.69 Å². The minimum Gasteiger partial charge on any atom is -0.476 e. The molecule has 7 nitrogen and oxygen atoms in total. The zero-order valence-corrected chi connectivity index (χ0v) is 9.88. The Morgan fingerprint density at radius 3 is 2.76 bits per heavy atom. The molecule has 0 spiro atoms. The maximum Gasteiger partial charge on any atom is 0.358 e. The van der Waals surface area contributed by atoms with Gasteiger partial charge >= 0.3 is 5.97 Å². The van der Waals surface area contributed by atoms with Gasteiger partial charge in [0.15, 0.2) is 5.69 Å². The molecule has 2 heterocycles. The van der Waals surface area contributed by atoms with Crippen LogP contribution in [0.3, 0.4) is 0 Å². The van der Waals surface area contributed by atoms with E-state index in [9.17, 15) is 4.79 Å². The summed E-state index contributed by atoms with van der Waals surface area (Å²) in [5.41, 5.74) is 2.10. The molecule has 0 atom stereocenters. The summed E-state index contributed by atoms with van der Waals surface area (Å²) in [6.07, 6.45) is 2.55. The van der Waals surface area contributed by atoms with Crippen molar-refractivity contribution in [1.82, 2.24) is 24.8 Å². The Bertz CT molecular complexity index is 569. The molecule has 0 aliphatic carbocycles. The molecule has 0 unspecified atom stereocenters. The van der Waals surface area contributed by atoms with E-state index >= 15 is 0 Å². The number of rotatable bonds is 3. The van der Waals surface area contributed by atoms with Crippen LogP contribution in [0.2, 0.25) is 0 Å². The van der Waals surface area contributed by atoms with Crippen LogP contribution in [0.5, 0.6) is 0 Å². The van der Waals surface area contributed by atoms with Crippen molar-refractivity contribution in [3.63, 3.8) is 0 Å². The van der Waals surface area contributed by atoms with Gasteiger partial charge in [-0.25, -0.2) is 9.48 Å². The molecule has 0 fully saturated rings. The minimum atomic E-state index is -1.07. The number of aromatic carboxylic acids is 1. The highest BCUT2D eigenvalue weighted by atomic mass is 16.4. The van der Waals surface area contributed by atoms with E-state index in [0.717, 1.165) is 17.8 Å². The van der Waals surface area contributed by atoms with Crippen LogP contribution in [0.4, 0.5) is 0 Å². The standard InChI is InChI=1S/C10H13N5O2/c1-4-7-8(5-14(3)12-7)15-6(2)9(10(16)17)11-13-15/h5H,4H2,1-3H3,(H,16,17). The molecule has 2 aromatic heterocycles. The fourth-order valence-corrected chi connectivity index (χ4v) is 1.71. The van der Waals surface area contributed by atoms with E-state index in [4.69, 9.17) is 5.11 Å². The van der Waals surface area contributed by atoms with Crippen LogP contribution < -0.4 is 0 Å². The number of nitrogens with zero attached hydrogens (tertiary/aromatic N) is 5. The van der Waals surface area contributed by atoms with Crippen LogP contribution in [0, 0.1) is 6.92 Å². The van der Waals surface area contributed by atoms with Gasteiger partial charge in [-0.3, -0.25) is 4.68 Å². The molecule has 0 aliphatic heterocycles. The van der Waals surface area contributed by atoms with E-state index in [1.54, 1.807) is 17.8 Å². The molecule has 17 heavy (non-hydrogen) atoms. The normalized spacial score (nSPS) is 10.8. The summed E-state index contributed by atoms with van der Waals surface area (Å²) in [6, 6.07) is 0. The number of aryl methyl sites for hydroxylation is 2. The van der Waals surface area contributed by atoms with Gasteiger partial charge in [-0.1, -0.05) is 12.1 Å². The van der Waals surface area contributed by atoms with Crippen molar-refractivity contribution in [3.05, 3.63) is 23.3 Å². The van der Waals surface area contributed by atoms with Gasteiger partial charge in [-0.05, 0) is 13.3 Å². The van der Waals surface area contributed by atoms with Gasteiger partial charge in [0, 0.05) is 7.05 Å². The topological polar surface area (TPSA) is 85.8 Å². The second-order valence-corrected chi connectivity index (χ2v) is 3.73. The van der Waals surface area contributed by atoms with Gasteiger partial charge in [-0.15, -0.1) is 5.10 Å². The highest BCUT2D eigenvalue weighted by Gasteiger charge is 2.18. The Balaban J connectivity index is 2.56. The van der Waals surface area contributed by atoms with Crippen LogP contribution in [0.1, 0.15) is 28.8 Å². The highest BCUT2D eigenvalue weighted by molar-refractivity contribution is 5.86. The Morgan fingerprint density at radius 1 is 1.53 bits per heavy atom. The van der Waals surface area contributed by atoms with Crippen LogP contribution in [-0.4, -0.2) is 35.9 Å². The summed E-state index contributed by atoms with van der Waals surface area (Å²) in [5.74, 6) is -1.07. The molecule has 0 aliphatic rings. The molecule has 7 heteroatoms. The Hall–Kier alpha value is -2.18. The number of aromatic nitrogens is 5. The quantitative estimate of drug-likeness (QED) is 0.840. The van der Waals surface area contributed by atoms with Gasteiger partial charge in [-0.2, -0.15) is 5.10 Å². The van der Waals surface area contributed by atoms with Crippen LogP contribution in [-0.2, 0) is 13.5 Å². The van der Waals surface area contributed by atoms with Gasteiger partial charge in [0.2, 0.25) is 0 Å². The minimum absolute atomic E-state index is 0.0316. The number of carbonyl (C=O) groups is 1. The van der Waals surface area contributed by atoms with Gasteiger partial charge in [0.25, 0.3) is 0 Å². The molecule has 2 rings (SSSR count). The molecule has 0 bridgehead atoms. The molecule has 0 radical (unpaired) electrons. The summed E-state index contributed by atoms with van der Waals surface area (Å²) in [5, 5.41) is 20.7. The lowest BCUT2D eigenvalue weighted by Gasteiger charge is -2.01. The Labute approximate surface area is 97.7 Å². The summed E-state index contributed by atoms with van der Waals surface area (Å²) < 4.78 is 3.19. The number of carboxylic acid groups (broad SMARTS) is 1. The van der Waals surface area contributed by atoms with Gasteiger partial charge in [0.05, 0.1) is 17.6 Å². The van der Waals surface area contributed by atoms with E-state index in [0.29, 0.717) is 5.69 Å². The first-order valence-electron chi connectivity index (χ1n) is 5.23. The molecule has 0 amide bonds. The predicted octanol–water partition coefficient (Wildman–Crippen LogP) is 0.570. The lowest BCUT2D eigenvalue weighted by Crippen LogP contribution is -2.03. The number of carboxylic acids is 1. The second-order valence-electron chi connectivity index (χ2n) is 3.73. The van der Waals surface area contributed by atoms with Crippen molar-refractivity contribution in [2.75, 3.05) is 0 Å². The van der Waals surface area contributed by atoms with Crippen molar-refractivity contribution >= 4 is 5.97 Å².